The van der Waals surface area contributed by atoms with Crippen molar-refractivity contribution in [3.05, 3.63) is 28.2 Å². The number of benzene rings is 1. The third kappa shape index (κ3) is 4.14. The number of carbonyl (C=O) groups excluding carboxylic acids is 2. The van der Waals surface area contributed by atoms with E-state index in [1.165, 1.54) is 0 Å². The summed E-state index contributed by atoms with van der Waals surface area (Å²) >= 11 is 3.43. The normalized spacial score (nSPS) is 20.4. The van der Waals surface area contributed by atoms with Crippen molar-refractivity contribution in [2.75, 3.05) is 13.7 Å². The molecular weight excluding hydrogens is 376 g/mol. The van der Waals surface area contributed by atoms with E-state index in [1.54, 1.807) is 20.1 Å². The van der Waals surface area contributed by atoms with Crippen LogP contribution in [0.1, 0.15) is 32.4 Å². The molecule has 1 heterocycles. The molecule has 0 saturated heterocycles. The molecule has 0 radical (unpaired) electrons. The number of urea groups is 1. The van der Waals surface area contributed by atoms with Gasteiger partial charge in [0.2, 0.25) is 0 Å². The van der Waals surface area contributed by atoms with Gasteiger partial charge in [0.15, 0.2) is 0 Å². The first kappa shape index (κ1) is 18.4. The maximum atomic E-state index is 12.5. The Bertz CT molecular complexity index is 673. The molecule has 0 saturated carbocycles. The molecule has 1 aliphatic rings. The largest absolute Gasteiger partial charge is 0.496 e. The van der Waals surface area contributed by atoms with Gasteiger partial charge in [-0.15, -0.1) is 0 Å². The van der Waals surface area contributed by atoms with Gasteiger partial charge in [0, 0.05) is 5.71 Å². The van der Waals surface area contributed by atoms with Crippen molar-refractivity contribution < 1.29 is 19.1 Å². The molecule has 1 aromatic rings. The standard InChI is InChI=1S/C17H21BrN2O4/c1-9(2)8-24-16(21)14-10(3)19-17(22)20-15(14)11-5-6-13(23-4)12(18)7-11/h5-7,9,14-15H,8H2,1-4H3,(H,20,22). The molecular formula is C17H21BrN2O4. The number of hydrogen-bond acceptors (Lipinski definition) is 4. The lowest BCUT2D eigenvalue weighted by Gasteiger charge is -2.30. The Hall–Kier alpha value is -1.89. The fourth-order valence-corrected chi connectivity index (χ4v) is 3.08. The first-order valence-corrected chi connectivity index (χ1v) is 8.48. The number of amides is 2. The Balaban J connectivity index is 2.34. The zero-order chi connectivity index (χ0) is 17.9. The first-order valence-electron chi connectivity index (χ1n) is 7.69. The molecule has 1 N–H and O–H groups in total. The monoisotopic (exact) mass is 396 g/mol. The van der Waals surface area contributed by atoms with E-state index in [1.807, 2.05) is 26.0 Å². The number of halogens is 1. The van der Waals surface area contributed by atoms with Crippen LogP contribution in [0.3, 0.4) is 0 Å². The van der Waals surface area contributed by atoms with Gasteiger partial charge >= 0.3 is 12.0 Å². The maximum absolute atomic E-state index is 12.5. The predicted octanol–water partition coefficient (Wildman–Crippen LogP) is 3.50. The van der Waals surface area contributed by atoms with E-state index < -0.39 is 18.0 Å². The molecule has 7 heteroatoms. The number of methoxy groups -OCH3 is 1. The minimum absolute atomic E-state index is 0.234. The molecule has 1 aliphatic heterocycles. The zero-order valence-corrected chi connectivity index (χ0v) is 15.7. The highest BCUT2D eigenvalue weighted by atomic mass is 79.9. The lowest BCUT2D eigenvalue weighted by Crippen LogP contribution is -2.44. The van der Waals surface area contributed by atoms with E-state index >= 15 is 0 Å². The molecule has 1 aromatic carbocycles. The number of ether oxygens (including phenoxy) is 2. The molecule has 2 rings (SSSR count). The molecule has 0 fully saturated rings. The second-order valence-corrected chi connectivity index (χ2v) is 6.93. The van der Waals surface area contributed by atoms with E-state index in [9.17, 15) is 9.59 Å². The topological polar surface area (TPSA) is 77.0 Å². The first-order chi connectivity index (χ1) is 11.3. The van der Waals surface area contributed by atoms with Gasteiger partial charge in [-0.1, -0.05) is 19.9 Å². The summed E-state index contributed by atoms with van der Waals surface area (Å²) in [4.78, 5) is 28.2. The third-order valence-corrected chi connectivity index (χ3v) is 4.31. The lowest BCUT2D eigenvalue weighted by atomic mass is 9.88. The maximum Gasteiger partial charge on any atom is 0.341 e. The summed E-state index contributed by atoms with van der Waals surface area (Å²) in [6.07, 6.45) is 0. The van der Waals surface area contributed by atoms with Gasteiger partial charge in [-0.05, 0) is 46.5 Å². The van der Waals surface area contributed by atoms with Crippen LogP contribution in [-0.4, -0.2) is 31.4 Å². The summed E-state index contributed by atoms with van der Waals surface area (Å²) in [6.45, 7) is 5.94. The highest BCUT2D eigenvalue weighted by Gasteiger charge is 2.38. The average Bonchev–Trinajstić information content (AvgIpc) is 2.51. The zero-order valence-electron chi connectivity index (χ0n) is 14.1. The van der Waals surface area contributed by atoms with E-state index in [4.69, 9.17) is 9.47 Å². The van der Waals surface area contributed by atoms with Crippen LogP contribution in [0.25, 0.3) is 0 Å². The molecule has 130 valence electrons. The number of nitrogens with zero attached hydrogens (tertiary/aromatic N) is 1. The van der Waals surface area contributed by atoms with Gasteiger partial charge < -0.3 is 14.8 Å². The van der Waals surface area contributed by atoms with Crippen molar-refractivity contribution in [1.29, 1.82) is 0 Å². The van der Waals surface area contributed by atoms with Crippen LogP contribution < -0.4 is 10.1 Å². The quantitative estimate of drug-likeness (QED) is 0.772. The van der Waals surface area contributed by atoms with Crippen molar-refractivity contribution in [3.8, 4) is 5.75 Å². The van der Waals surface area contributed by atoms with Crippen LogP contribution in [0.4, 0.5) is 4.79 Å². The number of nitrogens with one attached hydrogen (secondary N) is 1. The molecule has 0 aliphatic carbocycles. The number of rotatable bonds is 5. The molecule has 0 spiro atoms. The van der Waals surface area contributed by atoms with Crippen LogP contribution >= 0.6 is 15.9 Å². The molecule has 0 bridgehead atoms. The SMILES string of the molecule is COc1ccc(C2NC(=O)N=C(C)C2C(=O)OCC(C)C)cc1Br. The Morgan fingerprint density at radius 3 is 2.71 bits per heavy atom. The number of aliphatic imine (C=N–C) groups is 1. The Morgan fingerprint density at radius 2 is 2.12 bits per heavy atom. The van der Waals surface area contributed by atoms with Crippen molar-refractivity contribution >= 4 is 33.6 Å². The van der Waals surface area contributed by atoms with Crippen molar-refractivity contribution in [3.63, 3.8) is 0 Å². The predicted molar refractivity (Wildman–Crippen MR) is 94.4 cm³/mol. The number of esters is 1. The van der Waals surface area contributed by atoms with Crippen LogP contribution in [0.15, 0.2) is 27.7 Å². The minimum atomic E-state index is -0.651. The van der Waals surface area contributed by atoms with Gasteiger partial charge in [-0.2, -0.15) is 0 Å². The Labute approximate surface area is 149 Å². The average molecular weight is 397 g/mol. The second kappa shape index (κ2) is 7.79. The summed E-state index contributed by atoms with van der Waals surface area (Å²) in [6, 6.07) is 4.43. The Kier molecular flexibility index (Phi) is 5.99. The molecule has 2 amide bonds. The highest BCUT2D eigenvalue weighted by molar-refractivity contribution is 9.10. The van der Waals surface area contributed by atoms with Gasteiger partial charge in [0.1, 0.15) is 11.7 Å². The number of carbonyl (C=O) groups is 2. The summed E-state index contributed by atoms with van der Waals surface area (Å²) in [7, 11) is 1.57. The van der Waals surface area contributed by atoms with Crippen LogP contribution in [-0.2, 0) is 9.53 Å². The fourth-order valence-electron chi connectivity index (χ4n) is 2.52. The lowest BCUT2D eigenvalue weighted by molar-refractivity contribution is -0.148. The van der Waals surface area contributed by atoms with Crippen molar-refractivity contribution in [2.24, 2.45) is 16.8 Å². The van der Waals surface area contributed by atoms with Crippen LogP contribution in [0.2, 0.25) is 0 Å². The molecule has 2 atom stereocenters. The van der Waals surface area contributed by atoms with Gasteiger partial charge in [0.25, 0.3) is 0 Å². The van der Waals surface area contributed by atoms with E-state index in [0.29, 0.717) is 18.1 Å². The molecule has 24 heavy (non-hydrogen) atoms. The van der Waals surface area contributed by atoms with E-state index in [-0.39, 0.29) is 11.9 Å². The summed E-state index contributed by atoms with van der Waals surface area (Å²) in [5.74, 6) is -0.133. The van der Waals surface area contributed by atoms with E-state index in [0.717, 1.165) is 10.0 Å². The summed E-state index contributed by atoms with van der Waals surface area (Å²) in [5, 5.41) is 2.76. The van der Waals surface area contributed by atoms with Gasteiger partial charge in [-0.25, -0.2) is 9.79 Å². The number of hydrogen-bond donors (Lipinski definition) is 1. The van der Waals surface area contributed by atoms with Crippen LogP contribution in [0.5, 0.6) is 5.75 Å². The van der Waals surface area contributed by atoms with E-state index in [2.05, 4.69) is 26.2 Å². The Morgan fingerprint density at radius 1 is 1.42 bits per heavy atom. The highest BCUT2D eigenvalue weighted by Crippen LogP contribution is 2.33. The summed E-state index contributed by atoms with van der Waals surface area (Å²) < 4.78 is 11.3. The molecule has 6 nitrogen and oxygen atoms in total. The van der Waals surface area contributed by atoms with Gasteiger partial charge in [0.05, 0.1) is 24.2 Å². The summed E-state index contributed by atoms with van der Waals surface area (Å²) in [5.41, 5.74) is 1.22. The van der Waals surface area contributed by atoms with Crippen LogP contribution in [0, 0.1) is 11.8 Å². The van der Waals surface area contributed by atoms with Crippen molar-refractivity contribution in [1.82, 2.24) is 5.32 Å². The molecule has 2 unspecified atom stereocenters. The third-order valence-electron chi connectivity index (χ3n) is 3.69. The fraction of sp³-hybridized carbons (Fsp3) is 0.471. The second-order valence-electron chi connectivity index (χ2n) is 6.08. The minimum Gasteiger partial charge on any atom is -0.496 e. The van der Waals surface area contributed by atoms with Gasteiger partial charge in [-0.3, -0.25) is 4.79 Å². The smallest absolute Gasteiger partial charge is 0.341 e. The van der Waals surface area contributed by atoms with Crippen molar-refractivity contribution in [2.45, 2.75) is 26.8 Å². The molecule has 0 aromatic heterocycles.